The molecule has 0 amide bonds. The lowest BCUT2D eigenvalue weighted by molar-refractivity contribution is 0.140. The predicted molar refractivity (Wildman–Crippen MR) is 45.2 cm³/mol. The molecule has 0 saturated carbocycles. The van der Waals surface area contributed by atoms with Crippen LogP contribution in [0.25, 0.3) is 0 Å². The highest BCUT2D eigenvalue weighted by Crippen LogP contribution is 2.19. The van der Waals surface area contributed by atoms with Crippen LogP contribution < -0.4 is 5.90 Å². The Morgan fingerprint density at radius 3 is 2.62 bits per heavy atom. The maximum atomic E-state index is 13.0. The van der Waals surface area contributed by atoms with Crippen LogP contribution in [-0.4, -0.2) is 6.61 Å². The molecular weight excluding hydrogens is 200 g/mol. The second kappa shape index (κ2) is 4.50. The lowest BCUT2D eigenvalue weighted by Gasteiger charge is -2.03. The molecule has 1 aromatic carbocycles. The molecule has 0 bridgehead atoms. The van der Waals surface area contributed by atoms with Crippen molar-refractivity contribution in [2.75, 3.05) is 6.61 Å². The average Bonchev–Trinajstić information content (AvgIpc) is 2.09. The molecule has 0 aromatic heterocycles. The molecule has 0 aliphatic carbocycles. The maximum absolute atomic E-state index is 13.0. The topological polar surface area (TPSA) is 35.2 Å². The summed E-state index contributed by atoms with van der Waals surface area (Å²) in [5.41, 5.74) is 0.201. The molecule has 0 radical (unpaired) electrons. The van der Waals surface area contributed by atoms with Gasteiger partial charge in [-0.2, -0.15) is 0 Å². The Morgan fingerprint density at radius 1 is 1.31 bits per heavy atom. The van der Waals surface area contributed by atoms with Crippen molar-refractivity contribution in [3.8, 4) is 0 Å². The summed E-state index contributed by atoms with van der Waals surface area (Å²) in [5.74, 6) is 3.56. The second-order valence-electron chi connectivity index (χ2n) is 2.48. The third-order valence-corrected chi connectivity index (χ3v) is 1.87. The van der Waals surface area contributed by atoms with Crippen LogP contribution in [0.15, 0.2) is 12.1 Å². The van der Waals surface area contributed by atoms with E-state index in [9.17, 15) is 8.78 Å². The van der Waals surface area contributed by atoms with Gasteiger partial charge in [-0.25, -0.2) is 14.7 Å². The van der Waals surface area contributed by atoms with E-state index in [1.165, 1.54) is 0 Å². The van der Waals surface area contributed by atoms with Crippen LogP contribution in [0.1, 0.15) is 5.56 Å². The third kappa shape index (κ3) is 2.62. The molecule has 0 spiro atoms. The van der Waals surface area contributed by atoms with Gasteiger partial charge < -0.3 is 4.84 Å². The van der Waals surface area contributed by atoms with Crippen molar-refractivity contribution in [1.29, 1.82) is 0 Å². The van der Waals surface area contributed by atoms with Crippen molar-refractivity contribution in [3.05, 3.63) is 34.4 Å². The molecule has 0 atom stereocenters. The first-order chi connectivity index (χ1) is 6.15. The van der Waals surface area contributed by atoms with E-state index in [2.05, 4.69) is 4.84 Å². The Morgan fingerprint density at radius 2 is 2.00 bits per heavy atom. The average molecular weight is 208 g/mol. The molecule has 0 aliphatic rings. The van der Waals surface area contributed by atoms with E-state index in [0.717, 1.165) is 12.1 Å². The SMILES string of the molecule is NOCCc1cc(F)c(Cl)cc1F. The molecule has 5 heteroatoms. The molecule has 0 aliphatic heterocycles. The summed E-state index contributed by atoms with van der Waals surface area (Å²) >= 11 is 5.35. The molecule has 0 fully saturated rings. The highest BCUT2D eigenvalue weighted by molar-refractivity contribution is 6.30. The van der Waals surface area contributed by atoms with Gasteiger partial charge in [0.2, 0.25) is 0 Å². The third-order valence-electron chi connectivity index (χ3n) is 1.58. The van der Waals surface area contributed by atoms with E-state index in [4.69, 9.17) is 17.5 Å². The van der Waals surface area contributed by atoms with Gasteiger partial charge in [-0.1, -0.05) is 11.6 Å². The first kappa shape index (κ1) is 10.4. The van der Waals surface area contributed by atoms with Gasteiger partial charge in [0.1, 0.15) is 11.6 Å². The Labute approximate surface area is 79.2 Å². The second-order valence-corrected chi connectivity index (χ2v) is 2.89. The van der Waals surface area contributed by atoms with Gasteiger partial charge in [0.25, 0.3) is 0 Å². The smallest absolute Gasteiger partial charge is 0.142 e. The minimum atomic E-state index is -0.643. The summed E-state index contributed by atoms with van der Waals surface area (Å²) < 4.78 is 25.8. The van der Waals surface area contributed by atoms with Gasteiger partial charge in [-0.15, -0.1) is 0 Å². The molecule has 0 saturated heterocycles. The van der Waals surface area contributed by atoms with Crippen molar-refractivity contribution in [1.82, 2.24) is 0 Å². The lowest BCUT2D eigenvalue weighted by atomic mass is 10.1. The molecule has 1 aromatic rings. The van der Waals surface area contributed by atoms with Crippen LogP contribution in [0.4, 0.5) is 8.78 Å². The predicted octanol–water partition coefficient (Wildman–Crippen LogP) is 2.05. The summed E-state index contributed by atoms with van der Waals surface area (Å²) in [5, 5.41) is -0.227. The van der Waals surface area contributed by atoms with Crippen molar-refractivity contribution in [2.24, 2.45) is 5.90 Å². The number of rotatable bonds is 3. The number of hydrogen-bond donors (Lipinski definition) is 1. The zero-order chi connectivity index (χ0) is 9.84. The maximum Gasteiger partial charge on any atom is 0.142 e. The number of halogens is 3. The normalized spacial score (nSPS) is 10.5. The highest BCUT2D eigenvalue weighted by atomic mass is 35.5. The van der Waals surface area contributed by atoms with Gasteiger partial charge in [-0.05, 0) is 17.7 Å². The lowest BCUT2D eigenvalue weighted by Crippen LogP contribution is -2.05. The van der Waals surface area contributed by atoms with E-state index in [0.29, 0.717) is 0 Å². The van der Waals surface area contributed by atoms with Gasteiger partial charge in [0, 0.05) is 6.42 Å². The van der Waals surface area contributed by atoms with Crippen molar-refractivity contribution in [3.63, 3.8) is 0 Å². The summed E-state index contributed by atoms with van der Waals surface area (Å²) in [6.45, 7) is 0.137. The summed E-state index contributed by atoms with van der Waals surface area (Å²) in [6.07, 6.45) is 0.219. The fraction of sp³-hybridized carbons (Fsp3) is 0.250. The zero-order valence-electron chi connectivity index (χ0n) is 6.69. The van der Waals surface area contributed by atoms with Gasteiger partial charge in [0.05, 0.1) is 11.6 Å². The van der Waals surface area contributed by atoms with Crippen molar-refractivity contribution in [2.45, 2.75) is 6.42 Å². The van der Waals surface area contributed by atoms with Gasteiger partial charge in [0.15, 0.2) is 0 Å². The van der Waals surface area contributed by atoms with E-state index >= 15 is 0 Å². The first-order valence-corrected chi connectivity index (χ1v) is 3.98. The quantitative estimate of drug-likeness (QED) is 0.608. The van der Waals surface area contributed by atoms with E-state index in [-0.39, 0.29) is 23.6 Å². The molecular formula is C8H8ClF2NO. The van der Waals surface area contributed by atoms with Gasteiger partial charge >= 0.3 is 0 Å². The van der Waals surface area contributed by atoms with Crippen LogP contribution in [0.3, 0.4) is 0 Å². The van der Waals surface area contributed by atoms with E-state index in [1.807, 2.05) is 0 Å². The molecule has 1 rings (SSSR count). The molecule has 2 nitrogen and oxygen atoms in total. The van der Waals surface area contributed by atoms with Crippen LogP contribution in [-0.2, 0) is 11.3 Å². The standard InChI is InChI=1S/C8H8ClF2NO/c9-6-4-7(10)5(1-2-13-12)3-8(6)11/h3-4H,1-2,12H2. The first-order valence-electron chi connectivity index (χ1n) is 3.60. The Kier molecular flexibility index (Phi) is 3.59. The van der Waals surface area contributed by atoms with Crippen LogP contribution >= 0.6 is 11.6 Å². The molecule has 72 valence electrons. The van der Waals surface area contributed by atoms with E-state index in [1.54, 1.807) is 0 Å². The fourth-order valence-corrected chi connectivity index (χ4v) is 1.07. The Hall–Kier alpha value is -0.710. The monoisotopic (exact) mass is 207 g/mol. The number of benzene rings is 1. The summed E-state index contributed by atoms with van der Waals surface area (Å²) in [7, 11) is 0. The summed E-state index contributed by atoms with van der Waals surface area (Å²) in [4.78, 5) is 4.25. The Bertz CT molecular complexity index is 306. The minimum Gasteiger partial charge on any atom is -0.304 e. The minimum absolute atomic E-state index is 0.137. The Balaban J connectivity index is 2.88. The van der Waals surface area contributed by atoms with Crippen LogP contribution in [0.2, 0.25) is 5.02 Å². The van der Waals surface area contributed by atoms with Crippen molar-refractivity contribution >= 4 is 11.6 Å². The van der Waals surface area contributed by atoms with Crippen LogP contribution in [0, 0.1) is 11.6 Å². The molecule has 0 unspecified atom stereocenters. The number of nitrogens with two attached hydrogens (primary N) is 1. The fourth-order valence-electron chi connectivity index (χ4n) is 0.924. The number of hydrogen-bond acceptors (Lipinski definition) is 2. The van der Waals surface area contributed by atoms with Crippen LogP contribution in [0.5, 0.6) is 0 Å². The largest absolute Gasteiger partial charge is 0.304 e. The summed E-state index contributed by atoms with van der Waals surface area (Å²) in [6, 6.07) is 1.97. The highest BCUT2D eigenvalue weighted by Gasteiger charge is 2.07. The van der Waals surface area contributed by atoms with Crippen molar-refractivity contribution < 1.29 is 13.6 Å². The van der Waals surface area contributed by atoms with E-state index < -0.39 is 11.6 Å². The zero-order valence-corrected chi connectivity index (χ0v) is 7.44. The molecule has 2 N–H and O–H groups in total. The van der Waals surface area contributed by atoms with Gasteiger partial charge in [-0.3, -0.25) is 0 Å². The molecule has 0 heterocycles. The molecule has 13 heavy (non-hydrogen) atoms.